The second kappa shape index (κ2) is 7.71. The first kappa shape index (κ1) is 18.3. The molecule has 0 saturated heterocycles. The summed E-state index contributed by atoms with van der Waals surface area (Å²) >= 11 is 3.12. The molecule has 0 heterocycles. The highest BCUT2D eigenvalue weighted by Gasteiger charge is 2.17. The van der Waals surface area contributed by atoms with Crippen molar-refractivity contribution in [1.29, 1.82) is 0 Å². The molecule has 0 spiro atoms. The van der Waals surface area contributed by atoms with Crippen molar-refractivity contribution in [1.82, 2.24) is 0 Å². The summed E-state index contributed by atoms with van der Waals surface area (Å²) < 4.78 is 18.8. The zero-order valence-corrected chi connectivity index (χ0v) is 13.9. The van der Waals surface area contributed by atoms with Gasteiger partial charge in [0.2, 0.25) is 0 Å². The van der Waals surface area contributed by atoms with Crippen molar-refractivity contribution in [3.63, 3.8) is 0 Å². The normalized spacial score (nSPS) is 10.2. The van der Waals surface area contributed by atoms with Gasteiger partial charge in [-0.1, -0.05) is 15.9 Å². The molecule has 10 heteroatoms. The number of nitrogens with one attached hydrogen (secondary N) is 1. The summed E-state index contributed by atoms with van der Waals surface area (Å²) in [5.41, 5.74) is -0.989. The van der Waals surface area contributed by atoms with E-state index < -0.39 is 40.6 Å². The molecule has 25 heavy (non-hydrogen) atoms. The number of phenols is 1. The number of hydrogen-bond acceptors (Lipinski definition) is 6. The highest BCUT2D eigenvalue weighted by atomic mass is 79.9. The van der Waals surface area contributed by atoms with Crippen LogP contribution in [0.4, 0.5) is 15.8 Å². The molecule has 2 N–H and O–H groups in total. The lowest BCUT2D eigenvalue weighted by atomic mass is 10.2. The third-order valence-electron chi connectivity index (χ3n) is 2.95. The van der Waals surface area contributed by atoms with Crippen molar-refractivity contribution < 1.29 is 28.7 Å². The molecule has 8 nitrogen and oxygen atoms in total. The van der Waals surface area contributed by atoms with Crippen molar-refractivity contribution in [3.05, 3.63) is 62.4 Å². The maximum Gasteiger partial charge on any atom is 0.342 e. The number of phenolic OH excluding ortho intramolecular Hbond substituents is 1. The van der Waals surface area contributed by atoms with Crippen LogP contribution in [0.3, 0.4) is 0 Å². The number of rotatable bonds is 5. The van der Waals surface area contributed by atoms with Gasteiger partial charge in [0, 0.05) is 16.6 Å². The molecule has 0 unspecified atom stereocenters. The van der Waals surface area contributed by atoms with Crippen LogP contribution in [0.25, 0.3) is 0 Å². The minimum atomic E-state index is -0.964. The van der Waals surface area contributed by atoms with Crippen LogP contribution in [0.15, 0.2) is 40.9 Å². The number of carbonyl (C=O) groups excluding carboxylic acids is 2. The van der Waals surface area contributed by atoms with Gasteiger partial charge in [-0.25, -0.2) is 9.18 Å². The summed E-state index contributed by atoms with van der Waals surface area (Å²) in [7, 11) is 0. The van der Waals surface area contributed by atoms with Crippen molar-refractivity contribution >= 4 is 39.2 Å². The largest absolute Gasteiger partial charge is 0.507 e. The lowest BCUT2D eigenvalue weighted by molar-refractivity contribution is -0.384. The predicted octanol–water partition coefficient (Wildman–Crippen LogP) is 3.00. The van der Waals surface area contributed by atoms with E-state index in [9.17, 15) is 29.2 Å². The second-order valence-electron chi connectivity index (χ2n) is 4.71. The van der Waals surface area contributed by atoms with Gasteiger partial charge in [0.25, 0.3) is 11.6 Å². The molecule has 0 aromatic heterocycles. The van der Waals surface area contributed by atoms with E-state index in [1.165, 1.54) is 18.2 Å². The maximum atomic E-state index is 13.6. The van der Waals surface area contributed by atoms with Crippen LogP contribution in [0.5, 0.6) is 5.75 Å². The van der Waals surface area contributed by atoms with Crippen LogP contribution in [0.2, 0.25) is 0 Å². The Morgan fingerprint density at radius 2 is 2.00 bits per heavy atom. The number of benzene rings is 2. The van der Waals surface area contributed by atoms with E-state index in [1.807, 2.05) is 0 Å². The van der Waals surface area contributed by atoms with E-state index >= 15 is 0 Å². The number of ether oxygens (including phenoxy) is 1. The number of anilines is 1. The fraction of sp³-hybridized carbons (Fsp3) is 0.0667. The van der Waals surface area contributed by atoms with Crippen molar-refractivity contribution in [2.45, 2.75) is 0 Å². The fourth-order valence-corrected chi connectivity index (χ4v) is 2.15. The summed E-state index contributed by atoms with van der Waals surface area (Å²) in [5, 5.41) is 22.3. The quantitative estimate of drug-likeness (QED) is 0.442. The number of esters is 1. The lowest BCUT2D eigenvalue weighted by Crippen LogP contribution is -2.21. The zero-order chi connectivity index (χ0) is 18.6. The second-order valence-corrected chi connectivity index (χ2v) is 5.62. The van der Waals surface area contributed by atoms with Crippen molar-refractivity contribution in [2.24, 2.45) is 0 Å². The van der Waals surface area contributed by atoms with Crippen LogP contribution >= 0.6 is 15.9 Å². The average molecular weight is 413 g/mol. The van der Waals surface area contributed by atoms with Gasteiger partial charge in [0.05, 0.1) is 10.6 Å². The van der Waals surface area contributed by atoms with Gasteiger partial charge >= 0.3 is 5.97 Å². The number of nitro benzene ring substituents is 1. The third-order valence-corrected chi connectivity index (χ3v) is 3.44. The molecule has 0 fully saturated rings. The molecule has 0 radical (unpaired) electrons. The molecule has 0 saturated carbocycles. The maximum absolute atomic E-state index is 13.6. The summed E-state index contributed by atoms with van der Waals surface area (Å²) in [5.74, 6) is -3.08. The summed E-state index contributed by atoms with van der Waals surface area (Å²) in [6.07, 6.45) is 0. The number of aromatic hydroxyl groups is 1. The molecule has 2 aromatic carbocycles. The Kier molecular flexibility index (Phi) is 5.65. The minimum absolute atomic E-state index is 0.163. The Bertz CT molecular complexity index is 858. The van der Waals surface area contributed by atoms with Crippen LogP contribution in [-0.2, 0) is 9.53 Å². The Morgan fingerprint density at radius 3 is 2.68 bits per heavy atom. The molecule has 0 bridgehead atoms. The van der Waals surface area contributed by atoms with E-state index in [1.54, 1.807) is 0 Å². The Balaban J connectivity index is 2.01. The summed E-state index contributed by atoms with van der Waals surface area (Å²) in [4.78, 5) is 33.5. The molecule has 0 aliphatic heterocycles. The van der Waals surface area contributed by atoms with Gasteiger partial charge in [0.15, 0.2) is 6.61 Å². The highest BCUT2D eigenvalue weighted by Crippen LogP contribution is 2.23. The minimum Gasteiger partial charge on any atom is -0.507 e. The number of halogens is 2. The topological polar surface area (TPSA) is 119 Å². The van der Waals surface area contributed by atoms with Gasteiger partial charge in [-0.15, -0.1) is 0 Å². The molecule has 130 valence electrons. The molecule has 1 amide bonds. The van der Waals surface area contributed by atoms with Gasteiger partial charge in [-0.05, 0) is 24.3 Å². The smallest absolute Gasteiger partial charge is 0.342 e. The molecular formula is C15H10BrFN2O6. The first-order valence-electron chi connectivity index (χ1n) is 6.67. The monoisotopic (exact) mass is 412 g/mol. The van der Waals surface area contributed by atoms with Gasteiger partial charge < -0.3 is 15.2 Å². The molecule has 2 aromatic rings. The van der Waals surface area contributed by atoms with Crippen molar-refractivity contribution in [2.75, 3.05) is 11.9 Å². The van der Waals surface area contributed by atoms with Crippen LogP contribution in [0, 0.1) is 15.9 Å². The Labute approximate surface area is 148 Å². The fourth-order valence-electron chi connectivity index (χ4n) is 1.79. The standard InChI is InChI=1S/C15H10BrFN2O6/c16-8-1-4-13(20)10(5-8)15(22)25-7-14(21)18-12-6-9(19(23)24)2-3-11(12)17/h1-6,20H,7H2,(H,18,21). The number of hydrogen-bond donors (Lipinski definition) is 2. The summed E-state index contributed by atoms with van der Waals surface area (Å²) in [6, 6.07) is 6.69. The van der Waals surface area contributed by atoms with Gasteiger partial charge in [-0.2, -0.15) is 0 Å². The van der Waals surface area contributed by atoms with Gasteiger partial charge in [0.1, 0.15) is 17.1 Å². The Morgan fingerprint density at radius 1 is 1.28 bits per heavy atom. The molecule has 0 aliphatic rings. The molecule has 2 rings (SSSR count). The van der Waals surface area contributed by atoms with E-state index in [0.29, 0.717) is 4.47 Å². The van der Waals surface area contributed by atoms with E-state index in [0.717, 1.165) is 18.2 Å². The molecule has 0 aliphatic carbocycles. The Hall–Kier alpha value is -3.01. The zero-order valence-electron chi connectivity index (χ0n) is 12.4. The third kappa shape index (κ3) is 4.73. The molecular weight excluding hydrogens is 403 g/mol. The lowest BCUT2D eigenvalue weighted by Gasteiger charge is -2.08. The van der Waals surface area contributed by atoms with Crippen LogP contribution in [0.1, 0.15) is 10.4 Å². The first-order valence-corrected chi connectivity index (χ1v) is 7.46. The number of non-ortho nitro benzene ring substituents is 1. The SMILES string of the molecule is O=C(COC(=O)c1cc(Br)ccc1O)Nc1cc([N+](=O)[O-])ccc1F. The van der Waals surface area contributed by atoms with Crippen LogP contribution < -0.4 is 5.32 Å². The van der Waals surface area contributed by atoms with Gasteiger partial charge in [-0.3, -0.25) is 14.9 Å². The van der Waals surface area contributed by atoms with Crippen molar-refractivity contribution in [3.8, 4) is 5.75 Å². The van der Waals surface area contributed by atoms with E-state index in [4.69, 9.17) is 4.74 Å². The molecule has 0 atom stereocenters. The highest BCUT2D eigenvalue weighted by molar-refractivity contribution is 9.10. The predicted molar refractivity (Wildman–Crippen MR) is 87.8 cm³/mol. The average Bonchev–Trinajstić information content (AvgIpc) is 2.56. The number of nitro groups is 1. The van der Waals surface area contributed by atoms with E-state index in [-0.39, 0.29) is 11.3 Å². The first-order chi connectivity index (χ1) is 11.8. The number of amides is 1. The van der Waals surface area contributed by atoms with Crippen LogP contribution in [-0.4, -0.2) is 28.5 Å². The number of nitrogens with zero attached hydrogens (tertiary/aromatic N) is 1. The number of carbonyl (C=O) groups is 2. The summed E-state index contributed by atoms with van der Waals surface area (Å²) in [6.45, 7) is -0.771. The van der Waals surface area contributed by atoms with E-state index in [2.05, 4.69) is 21.2 Å².